The van der Waals surface area contributed by atoms with Crippen LogP contribution in [0.4, 0.5) is 11.4 Å². The third-order valence-electron chi connectivity index (χ3n) is 5.88. The lowest BCUT2D eigenvalue weighted by Crippen LogP contribution is -2.30. The topological polar surface area (TPSA) is 66.5 Å². The molecule has 0 spiro atoms. The van der Waals surface area contributed by atoms with Crippen molar-refractivity contribution >= 4 is 29.1 Å². The highest BCUT2D eigenvalue weighted by Gasteiger charge is 2.48. The largest absolute Gasteiger partial charge is 0.322 e. The van der Waals surface area contributed by atoms with E-state index in [0.29, 0.717) is 11.3 Å². The normalized spacial score (nSPS) is 21.5. The van der Waals surface area contributed by atoms with Gasteiger partial charge in [-0.2, -0.15) is 0 Å². The van der Waals surface area contributed by atoms with Gasteiger partial charge in [-0.25, -0.2) is 0 Å². The molecule has 144 valence electrons. The lowest BCUT2D eigenvalue weighted by Gasteiger charge is -2.19. The van der Waals surface area contributed by atoms with E-state index in [-0.39, 0.29) is 29.6 Å². The van der Waals surface area contributed by atoms with Crippen molar-refractivity contribution in [3.8, 4) is 0 Å². The van der Waals surface area contributed by atoms with Gasteiger partial charge in [0.15, 0.2) is 0 Å². The number of aryl methyl sites for hydroxylation is 1. The number of nitrogens with zero attached hydrogens (tertiary/aromatic N) is 1. The Balaban J connectivity index is 1.52. The zero-order valence-corrected chi connectivity index (χ0v) is 16.0. The summed E-state index contributed by atoms with van der Waals surface area (Å²) in [6.45, 7) is 2.04. The molecule has 28 heavy (non-hydrogen) atoms. The molecule has 3 amide bonds. The van der Waals surface area contributed by atoms with Crippen LogP contribution >= 0.6 is 0 Å². The summed E-state index contributed by atoms with van der Waals surface area (Å²) in [5.74, 6) is -0.739. The molecule has 1 saturated carbocycles. The molecular formula is C23H24N2O3. The Kier molecular flexibility index (Phi) is 4.99. The predicted molar refractivity (Wildman–Crippen MR) is 108 cm³/mol. The number of fused-ring (bicyclic) bond motifs is 1. The molecule has 2 aromatic rings. The second-order valence-corrected chi connectivity index (χ2v) is 7.52. The fourth-order valence-corrected chi connectivity index (χ4v) is 4.32. The number of hydrogen-bond donors (Lipinski definition) is 1. The van der Waals surface area contributed by atoms with Crippen molar-refractivity contribution in [3.63, 3.8) is 0 Å². The molecule has 0 radical (unpaired) electrons. The van der Waals surface area contributed by atoms with Crippen molar-refractivity contribution in [1.29, 1.82) is 0 Å². The van der Waals surface area contributed by atoms with Crippen molar-refractivity contribution < 1.29 is 14.4 Å². The summed E-state index contributed by atoms with van der Waals surface area (Å²) in [4.78, 5) is 39.3. The van der Waals surface area contributed by atoms with Gasteiger partial charge >= 0.3 is 0 Å². The molecule has 1 aliphatic heterocycles. The van der Waals surface area contributed by atoms with Gasteiger partial charge in [0.25, 0.3) is 5.91 Å². The highest BCUT2D eigenvalue weighted by Crippen LogP contribution is 2.40. The van der Waals surface area contributed by atoms with Crippen LogP contribution < -0.4 is 10.2 Å². The van der Waals surface area contributed by atoms with Crippen LogP contribution in [0.3, 0.4) is 0 Å². The minimum atomic E-state index is -0.208. The third-order valence-corrected chi connectivity index (χ3v) is 5.88. The summed E-state index contributed by atoms with van der Waals surface area (Å²) in [7, 11) is 0. The number of imide groups is 1. The van der Waals surface area contributed by atoms with Crippen LogP contribution in [0.5, 0.6) is 0 Å². The lowest BCUT2D eigenvalue weighted by atomic mass is 9.81. The number of carbonyl (C=O) groups is 3. The first-order chi connectivity index (χ1) is 13.6. The zero-order valence-electron chi connectivity index (χ0n) is 16.0. The Hall–Kier alpha value is -2.95. The predicted octanol–water partition coefficient (Wildman–Crippen LogP) is 4.18. The van der Waals surface area contributed by atoms with E-state index >= 15 is 0 Å². The summed E-state index contributed by atoms with van der Waals surface area (Å²) < 4.78 is 0. The maximum Gasteiger partial charge on any atom is 0.255 e. The number of amides is 3. The molecule has 2 atom stereocenters. The van der Waals surface area contributed by atoms with Gasteiger partial charge in [0.1, 0.15) is 0 Å². The Bertz CT molecular complexity index is 896. The lowest BCUT2D eigenvalue weighted by molar-refractivity contribution is -0.122. The fourth-order valence-electron chi connectivity index (χ4n) is 4.32. The number of nitrogens with one attached hydrogen (secondary N) is 1. The van der Waals surface area contributed by atoms with Crippen molar-refractivity contribution in [2.24, 2.45) is 11.8 Å². The van der Waals surface area contributed by atoms with Crippen molar-refractivity contribution in [2.45, 2.75) is 39.0 Å². The zero-order chi connectivity index (χ0) is 19.7. The quantitative estimate of drug-likeness (QED) is 0.814. The number of hydrogen-bond acceptors (Lipinski definition) is 3. The monoisotopic (exact) mass is 376 g/mol. The molecule has 5 heteroatoms. The van der Waals surface area contributed by atoms with E-state index in [1.807, 2.05) is 31.2 Å². The van der Waals surface area contributed by atoms with Crippen LogP contribution in [0.2, 0.25) is 0 Å². The van der Waals surface area contributed by atoms with E-state index in [0.717, 1.165) is 43.4 Å². The van der Waals surface area contributed by atoms with E-state index in [4.69, 9.17) is 0 Å². The Morgan fingerprint density at radius 2 is 1.57 bits per heavy atom. The number of anilines is 2. The summed E-state index contributed by atoms with van der Waals surface area (Å²) >= 11 is 0. The highest BCUT2D eigenvalue weighted by molar-refractivity contribution is 6.22. The number of benzene rings is 2. The molecule has 0 unspecified atom stereocenters. The molecule has 0 bridgehead atoms. The van der Waals surface area contributed by atoms with Crippen LogP contribution in [0.15, 0.2) is 48.5 Å². The number of para-hydroxylation sites is 1. The van der Waals surface area contributed by atoms with Crippen LogP contribution in [0.1, 0.15) is 48.5 Å². The molecule has 2 aliphatic rings. The van der Waals surface area contributed by atoms with Crippen LogP contribution in [-0.4, -0.2) is 17.7 Å². The second-order valence-electron chi connectivity index (χ2n) is 7.52. The third kappa shape index (κ3) is 3.21. The fraction of sp³-hybridized carbons (Fsp3) is 0.348. The van der Waals surface area contributed by atoms with Gasteiger partial charge in [-0.15, -0.1) is 0 Å². The van der Waals surface area contributed by atoms with E-state index in [2.05, 4.69) is 5.32 Å². The maximum absolute atomic E-state index is 12.7. The molecule has 1 aliphatic carbocycles. The Morgan fingerprint density at radius 3 is 2.18 bits per heavy atom. The minimum absolute atomic E-state index is 0.0937. The molecule has 0 aromatic heterocycles. The molecule has 1 heterocycles. The first-order valence-corrected chi connectivity index (χ1v) is 9.97. The molecule has 4 rings (SSSR count). The smallest absolute Gasteiger partial charge is 0.255 e. The molecule has 1 saturated heterocycles. The van der Waals surface area contributed by atoms with Crippen LogP contribution in [-0.2, 0) is 16.0 Å². The first-order valence-electron chi connectivity index (χ1n) is 9.97. The second kappa shape index (κ2) is 7.58. The van der Waals surface area contributed by atoms with E-state index in [1.165, 1.54) is 4.90 Å². The van der Waals surface area contributed by atoms with E-state index in [1.54, 1.807) is 24.3 Å². The average molecular weight is 376 g/mol. The minimum Gasteiger partial charge on any atom is -0.322 e. The van der Waals surface area contributed by atoms with Gasteiger partial charge in [0.2, 0.25) is 11.8 Å². The SMILES string of the molecule is CCc1ccccc1NC(=O)c1ccc(N2C(=O)[C@@H]3CCCC[C@H]3C2=O)cc1. The van der Waals surface area contributed by atoms with Gasteiger partial charge < -0.3 is 5.32 Å². The Labute approximate surface area is 164 Å². The first kappa shape index (κ1) is 18.4. The summed E-state index contributed by atoms with van der Waals surface area (Å²) in [5, 5.41) is 2.94. The van der Waals surface area contributed by atoms with Crippen molar-refractivity contribution in [3.05, 3.63) is 59.7 Å². The molecular weight excluding hydrogens is 352 g/mol. The van der Waals surface area contributed by atoms with Gasteiger partial charge in [-0.3, -0.25) is 19.3 Å². The molecule has 1 N–H and O–H groups in total. The standard InChI is InChI=1S/C23H24N2O3/c1-2-15-7-3-6-10-20(15)24-21(26)16-11-13-17(14-12-16)25-22(27)18-8-4-5-9-19(18)23(25)28/h3,6-7,10-14,18-19H,2,4-5,8-9H2,1H3,(H,24,26)/t18-,19-/m1/s1. The van der Waals surface area contributed by atoms with Crippen molar-refractivity contribution in [1.82, 2.24) is 0 Å². The highest BCUT2D eigenvalue weighted by atomic mass is 16.2. The van der Waals surface area contributed by atoms with Gasteiger partial charge in [-0.05, 0) is 55.2 Å². The molecule has 5 nitrogen and oxygen atoms in total. The summed E-state index contributed by atoms with van der Waals surface area (Å²) in [6.07, 6.45) is 4.43. The summed E-state index contributed by atoms with van der Waals surface area (Å²) in [6, 6.07) is 14.4. The number of rotatable bonds is 4. The Morgan fingerprint density at radius 1 is 0.964 bits per heavy atom. The summed E-state index contributed by atoms with van der Waals surface area (Å²) in [5.41, 5.74) is 2.91. The van der Waals surface area contributed by atoms with Crippen LogP contribution in [0, 0.1) is 11.8 Å². The van der Waals surface area contributed by atoms with Gasteiger partial charge in [0.05, 0.1) is 17.5 Å². The molecule has 2 aromatic carbocycles. The van der Waals surface area contributed by atoms with Crippen LogP contribution in [0.25, 0.3) is 0 Å². The maximum atomic E-state index is 12.7. The molecule has 2 fully saturated rings. The van der Waals surface area contributed by atoms with Gasteiger partial charge in [-0.1, -0.05) is 38.0 Å². The average Bonchev–Trinajstić information content (AvgIpc) is 2.99. The van der Waals surface area contributed by atoms with E-state index < -0.39 is 0 Å². The number of carbonyl (C=O) groups excluding carboxylic acids is 3. The van der Waals surface area contributed by atoms with Crippen molar-refractivity contribution in [2.75, 3.05) is 10.2 Å². The van der Waals surface area contributed by atoms with Gasteiger partial charge in [0, 0.05) is 11.3 Å². The van der Waals surface area contributed by atoms with E-state index in [9.17, 15) is 14.4 Å².